The summed E-state index contributed by atoms with van der Waals surface area (Å²) in [7, 11) is 1.64. The fourth-order valence-electron chi connectivity index (χ4n) is 2.80. The molecule has 0 aliphatic carbocycles. The molecule has 3 rings (SSSR count). The Balaban J connectivity index is 1.86. The van der Waals surface area contributed by atoms with Crippen molar-refractivity contribution >= 4 is 28.6 Å². The third kappa shape index (κ3) is 3.76. The highest BCUT2D eigenvalue weighted by molar-refractivity contribution is 5.94. The maximum Gasteiger partial charge on any atom is 0.225 e. The third-order valence-electron chi connectivity index (χ3n) is 3.97. The van der Waals surface area contributed by atoms with Crippen LogP contribution in [-0.4, -0.2) is 42.7 Å². The van der Waals surface area contributed by atoms with Gasteiger partial charge in [-0.1, -0.05) is 12.1 Å². The Morgan fingerprint density at radius 3 is 2.61 bits per heavy atom. The molecule has 0 spiro atoms. The van der Waals surface area contributed by atoms with Gasteiger partial charge in [-0.15, -0.1) is 0 Å². The lowest BCUT2D eigenvalue weighted by molar-refractivity contribution is -0.116. The number of benzene rings is 1. The number of methoxy groups -OCH3 is 1. The van der Waals surface area contributed by atoms with E-state index in [0.29, 0.717) is 25.3 Å². The number of para-hydroxylation sites is 2. The fourth-order valence-corrected chi connectivity index (χ4v) is 2.80. The smallest absolute Gasteiger partial charge is 0.225 e. The lowest BCUT2D eigenvalue weighted by Crippen LogP contribution is -2.23. The first-order chi connectivity index (χ1) is 11.3. The van der Waals surface area contributed by atoms with Crippen molar-refractivity contribution in [3.63, 3.8) is 0 Å². The summed E-state index contributed by atoms with van der Waals surface area (Å²) in [6.07, 6.45) is 3.41. The minimum atomic E-state index is -0.0490. The molecule has 1 fully saturated rings. The van der Waals surface area contributed by atoms with Gasteiger partial charge in [0, 0.05) is 33.2 Å². The van der Waals surface area contributed by atoms with Crippen molar-refractivity contribution < 1.29 is 9.53 Å². The van der Waals surface area contributed by atoms with E-state index in [2.05, 4.69) is 15.2 Å². The summed E-state index contributed by atoms with van der Waals surface area (Å²) >= 11 is 0. The van der Waals surface area contributed by atoms with E-state index in [0.717, 1.165) is 42.8 Å². The summed E-state index contributed by atoms with van der Waals surface area (Å²) in [6, 6.07) is 7.74. The minimum Gasteiger partial charge on any atom is -0.385 e. The summed E-state index contributed by atoms with van der Waals surface area (Å²) in [5.74, 6) is 1.29. The van der Waals surface area contributed by atoms with Crippen molar-refractivity contribution in [3.05, 3.63) is 24.3 Å². The van der Waals surface area contributed by atoms with Crippen molar-refractivity contribution in [1.29, 1.82) is 0 Å². The second-order valence-corrected chi connectivity index (χ2v) is 5.72. The molecule has 6 heteroatoms. The van der Waals surface area contributed by atoms with Crippen LogP contribution in [0, 0.1) is 0 Å². The number of rotatable bonds is 6. The van der Waals surface area contributed by atoms with Crippen LogP contribution in [0.5, 0.6) is 0 Å². The van der Waals surface area contributed by atoms with Crippen LogP contribution in [0.25, 0.3) is 11.0 Å². The molecule has 6 nitrogen and oxygen atoms in total. The van der Waals surface area contributed by atoms with Crippen LogP contribution in [0.2, 0.25) is 0 Å². The van der Waals surface area contributed by atoms with Gasteiger partial charge < -0.3 is 15.0 Å². The molecule has 1 amide bonds. The Hall–Kier alpha value is -2.21. The first-order valence-electron chi connectivity index (χ1n) is 8.08. The molecule has 122 valence electrons. The van der Waals surface area contributed by atoms with Gasteiger partial charge in [0.05, 0.1) is 11.0 Å². The van der Waals surface area contributed by atoms with Crippen LogP contribution in [0.4, 0.5) is 11.6 Å². The Labute approximate surface area is 135 Å². The number of anilines is 2. The van der Waals surface area contributed by atoms with E-state index in [4.69, 9.17) is 9.72 Å². The number of ether oxygens (including phenoxy) is 1. The fraction of sp³-hybridized carbons (Fsp3) is 0.471. The summed E-state index contributed by atoms with van der Waals surface area (Å²) < 4.78 is 4.99. The molecule has 1 aromatic carbocycles. The second-order valence-electron chi connectivity index (χ2n) is 5.72. The average molecular weight is 314 g/mol. The Morgan fingerprint density at radius 1 is 1.22 bits per heavy atom. The van der Waals surface area contributed by atoms with Crippen LogP contribution in [0.1, 0.15) is 25.7 Å². The molecule has 0 radical (unpaired) electrons. The lowest BCUT2D eigenvalue weighted by atomic mass is 10.3. The van der Waals surface area contributed by atoms with Crippen LogP contribution in [0.3, 0.4) is 0 Å². The first kappa shape index (κ1) is 15.7. The van der Waals surface area contributed by atoms with Gasteiger partial charge >= 0.3 is 0 Å². The number of hydrogen-bond acceptors (Lipinski definition) is 5. The molecule has 1 aromatic heterocycles. The highest BCUT2D eigenvalue weighted by Crippen LogP contribution is 2.27. The van der Waals surface area contributed by atoms with Crippen molar-refractivity contribution in [2.75, 3.05) is 37.0 Å². The second kappa shape index (κ2) is 7.37. The van der Waals surface area contributed by atoms with Crippen LogP contribution in [-0.2, 0) is 9.53 Å². The number of hydrogen-bond donors (Lipinski definition) is 1. The van der Waals surface area contributed by atoms with Gasteiger partial charge in [0.2, 0.25) is 5.91 Å². The molecule has 23 heavy (non-hydrogen) atoms. The van der Waals surface area contributed by atoms with E-state index in [-0.39, 0.29) is 5.91 Å². The maximum atomic E-state index is 12.1. The number of carbonyl (C=O) groups is 1. The zero-order valence-corrected chi connectivity index (χ0v) is 13.4. The molecule has 0 bridgehead atoms. The molecule has 1 aliphatic rings. The SMILES string of the molecule is COCCCC(=O)Nc1nc2ccccc2nc1N1CCCC1. The lowest BCUT2D eigenvalue weighted by Gasteiger charge is -2.20. The summed E-state index contributed by atoms with van der Waals surface area (Å²) in [5, 5.41) is 2.93. The summed E-state index contributed by atoms with van der Waals surface area (Å²) in [5.41, 5.74) is 1.65. The third-order valence-corrected chi connectivity index (χ3v) is 3.97. The molecular weight excluding hydrogens is 292 g/mol. The monoisotopic (exact) mass is 314 g/mol. The highest BCUT2D eigenvalue weighted by Gasteiger charge is 2.20. The number of fused-ring (bicyclic) bond motifs is 1. The zero-order chi connectivity index (χ0) is 16.1. The van der Waals surface area contributed by atoms with Crippen LogP contribution in [0.15, 0.2) is 24.3 Å². The largest absolute Gasteiger partial charge is 0.385 e. The van der Waals surface area contributed by atoms with Crippen LogP contribution < -0.4 is 10.2 Å². The van der Waals surface area contributed by atoms with E-state index in [1.165, 1.54) is 0 Å². The van der Waals surface area contributed by atoms with Crippen molar-refractivity contribution in [3.8, 4) is 0 Å². The van der Waals surface area contributed by atoms with Crippen molar-refractivity contribution in [2.24, 2.45) is 0 Å². The normalized spacial score (nSPS) is 14.4. The first-order valence-corrected chi connectivity index (χ1v) is 8.08. The molecule has 1 saturated heterocycles. The minimum absolute atomic E-state index is 0.0490. The van der Waals surface area contributed by atoms with Gasteiger partial charge in [0.15, 0.2) is 11.6 Å². The molecule has 2 aromatic rings. The highest BCUT2D eigenvalue weighted by atomic mass is 16.5. The van der Waals surface area contributed by atoms with Gasteiger partial charge in [0.1, 0.15) is 0 Å². The van der Waals surface area contributed by atoms with Crippen molar-refractivity contribution in [1.82, 2.24) is 9.97 Å². The van der Waals surface area contributed by atoms with Gasteiger partial charge in [-0.3, -0.25) is 4.79 Å². The van der Waals surface area contributed by atoms with Gasteiger partial charge in [-0.2, -0.15) is 0 Å². The Kier molecular flexibility index (Phi) is 5.02. The molecule has 0 unspecified atom stereocenters. The molecule has 1 N–H and O–H groups in total. The summed E-state index contributed by atoms with van der Waals surface area (Å²) in [4.78, 5) is 23.7. The van der Waals surface area contributed by atoms with E-state index < -0.39 is 0 Å². The van der Waals surface area contributed by atoms with Crippen LogP contribution >= 0.6 is 0 Å². The number of nitrogens with one attached hydrogen (secondary N) is 1. The van der Waals surface area contributed by atoms with E-state index >= 15 is 0 Å². The Morgan fingerprint density at radius 2 is 1.91 bits per heavy atom. The van der Waals surface area contributed by atoms with E-state index in [9.17, 15) is 4.79 Å². The molecule has 0 saturated carbocycles. The molecule has 0 atom stereocenters. The molecular formula is C17H22N4O2. The van der Waals surface area contributed by atoms with Gasteiger partial charge in [0.25, 0.3) is 0 Å². The number of nitrogens with zero attached hydrogens (tertiary/aromatic N) is 3. The summed E-state index contributed by atoms with van der Waals surface area (Å²) in [6.45, 7) is 2.49. The zero-order valence-electron chi connectivity index (χ0n) is 13.4. The number of aromatic nitrogens is 2. The van der Waals surface area contributed by atoms with Gasteiger partial charge in [-0.05, 0) is 31.4 Å². The standard InChI is InChI=1S/C17H22N4O2/c1-23-12-6-9-15(22)20-16-17(21-10-4-5-11-21)19-14-8-3-2-7-13(14)18-16/h2-3,7-8H,4-6,9-12H2,1H3,(H,18,20,22). The predicted octanol–water partition coefficient (Wildman–Crippen LogP) is 2.60. The predicted molar refractivity (Wildman–Crippen MR) is 90.7 cm³/mol. The molecule has 1 aliphatic heterocycles. The van der Waals surface area contributed by atoms with Gasteiger partial charge in [-0.25, -0.2) is 9.97 Å². The Bertz CT molecular complexity index is 683. The number of amides is 1. The van der Waals surface area contributed by atoms with E-state index in [1.54, 1.807) is 7.11 Å². The topological polar surface area (TPSA) is 67.3 Å². The quantitative estimate of drug-likeness (QED) is 0.830. The van der Waals surface area contributed by atoms with Crippen molar-refractivity contribution in [2.45, 2.75) is 25.7 Å². The van der Waals surface area contributed by atoms with E-state index in [1.807, 2.05) is 24.3 Å². The molecule has 2 heterocycles. The average Bonchev–Trinajstić information content (AvgIpc) is 3.09. The maximum absolute atomic E-state index is 12.1. The number of carbonyl (C=O) groups excluding carboxylic acids is 1.